The number of amides is 1. The van der Waals surface area contributed by atoms with Gasteiger partial charge in [-0.1, -0.05) is 42.3 Å². The van der Waals surface area contributed by atoms with Gasteiger partial charge in [-0.3, -0.25) is 4.90 Å². The zero-order valence-electron chi connectivity index (χ0n) is 33.8. The maximum atomic E-state index is 14.3. The third-order valence-corrected chi connectivity index (χ3v) is 12.1. The van der Waals surface area contributed by atoms with Crippen molar-refractivity contribution in [1.29, 1.82) is 0 Å². The van der Waals surface area contributed by atoms with E-state index in [1.807, 2.05) is 49.6 Å². The number of hydrogen-bond acceptors (Lipinski definition) is 10. The molecular weight excluding hydrogens is 760 g/mol. The highest BCUT2D eigenvalue weighted by Crippen LogP contribution is 2.62. The standard InChI is InChI=1S/C46H57FN2O8S/c1-5-26-54-46-42(49(45(52)53-6-2)30-31-14-16-33(47)17-15-31)29-40(48-55-7-3)38-27-32(12-8-10-24-50)37(13-9-11-25-51)43(44(38)46)39-28-35(20-23-41(39)57-46)56-34-18-21-36(58-4)22-19-34/h5,14-23,27-28,32,37,42-44,50-51H,1,6-13,24-26,29-30H2,2-4H3/t32-,37+,42-,43+,44+,46+/m0/s1. The minimum absolute atomic E-state index is 0.0460. The number of allylic oxidation sites excluding steroid dienone is 1. The lowest BCUT2D eigenvalue weighted by Crippen LogP contribution is -2.70. The highest BCUT2D eigenvalue weighted by Gasteiger charge is 2.65. The van der Waals surface area contributed by atoms with E-state index in [1.54, 1.807) is 41.8 Å². The van der Waals surface area contributed by atoms with Crippen LogP contribution in [0.5, 0.6) is 17.2 Å². The minimum Gasteiger partial charge on any atom is -0.459 e. The lowest BCUT2D eigenvalue weighted by atomic mass is 9.55. The van der Waals surface area contributed by atoms with Gasteiger partial charge in [-0.2, -0.15) is 0 Å². The highest BCUT2D eigenvalue weighted by molar-refractivity contribution is 7.98. The number of carbonyl (C=O) groups is 1. The van der Waals surface area contributed by atoms with Crippen molar-refractivity contribution in [2.75, 3.05) is 39.3 Å². The quantitative estimate of drug-likeness (QED) is 0.0497. The van der Waals surface area contributed by atoms with Crippen LogP contribution in [0.25, 0.3) is 0 Å². The van der Waals surface area contributed by atoms with Crippen molar-refractivity contribution in [3.8, 4) is 17.2 Å². The fourth-order valence-electron chi connectivity index (χ4n) is 8.93. The van der Waals surface area contributed by atoms with E-state index < -0.39 is 23.8 Å². The van der Waals surface area contributed by atoms with Crippen molar-refractivity contribution in [3.63, 3.8) is 0 Å². The first-order valence-corrected chi connectivity index (χ1v) is 21.7. The maximum absolute atomic E-state index is 14.3. The normalized spacial score (nSPS) is 23.9. The molecule has 6 atom stereocenters. The molecule has 312 valence electrons. The highest BCUT2D eigenvalue weighted by atomic mass is 32.2. The van der Waals surface area contributed by atoms with Crippen LogP contribution in [0.15, 0.2) is 101 Å². The number of fused-ring (bicyclic) bond motifs is 2. The van der Waals surface area contributed by atoms with Crippen LogP contribution in [0.3, 0.4) is 0 Å². The summed E-state index contributed by atoms with van der Waals surface area (Å²) in [6, 6.07) is 19.1. The second-order valence-electron chi connectivity index (χ2n) is 14.9. The average Bonchev–Trinajstić information content (AvgIpc) is 3.23. The van der Waals surface area contributed by atoms with Crippen LogP contribution in [0.1, 0.15) is 75.8 Å². The third-order valence-electron chi connectivity index (χ3n) is 11.4. The molecule has 10 nitrogen and oxygen atoms in total. The average molecular weight is 817 g/mol. The van der Waals surface area contributed by atoms with Crippen LogP contribution in [0.4, 0.5) is 9.18 Å². The molecule has 0 unspecified atom stereocenters. The number of nitrogens with zero attached hydrogens (tertiary/aromatic N) is 2. The number of rotatable bonds is 20. The second-order valence-corrected chi connectivity index (χ2v) is 15.8. The number of aliphatic hydroxyl groups is 2. The fraction of sp³-hybridized carbons (Fsp3) is 0.478. The number of carbonyl (C=O) groups excluding carboxylic acids is 1. The van der Waals surface area contributed by atoms with E-state index in [0.29, 0.717) is 48.0 Å². The summed E-state index contributed by atoms with van der Waals surface area (Å²) in [6.45, 7) is 8.52. The Morgan fingerprint density at radius 2 is 1.72 bits per heavy atom. The van der Waals surface area contributed by atoms with Gasteiger partial charge in [-0.05, 0) is 123 Å². The molecule has 1 amide bonds. The molecule has 2 aliphatic carbocycles. The monoisotopic (exact) mass is 816 g/mol. The topological polar surface area (TPSA) is 119 Å². The van der Waals surface area contributed by atoms with Gasteiger partial charge in [0.05, 0.1) is 24.8 Å². The van der Waals surface area contributed by atoms with Crippen LogP contribution < -0.4 is 9.47 Å². The maximum Gasteiger partial charge on any atom is 0.410 e. The molecule has 0 spiro atoms. The molecule has 3 aromatic carbocycles. The Morgan fingerprint density at radius 3 is 2.40 bits per heavy atom. The molecule has 3 aliphatic rings. The molecule has 12 heteroatoms. The largest absolute Gasteiger partial charge is 0.459 e. The van der Waals surface area contributed by atoms with E-state index in [-0.39, 0.29) is 63.0 Å². The van der Waals surface area contributed by atoms with Crippen molar-refractivity contribution in [1.82, 2.24) is 4.90 Å². The third kappa shape index (κ3) is 9.57. The van der Waals surface area contributed by atoms with E-state index in [4.69, 9.17) is 28.9 Å². The van der Waals surface area contributed by atoms with Gasteiger partial charge < -0.3 is 34.0 Å². The Hall–Kier alpha value is -4.36. The molecule has 2 N–H and O–H groups in total. The number of unbranched alkanes of at least 4 members (excludes halogenated alkanes) is 2. The van der Waals surface area contributed by atoms with Crippen LogP contribution in [0.2, 0.25) is 0 Å². The van der Waals surface area contributed by atoms with E-state index >= 15 is 0 Å². The van der Waals surface area contributed by atoms with Crippen molar-refractivity contribution in [3.05, 3.63) is 108 Å². The van der Waals surface area contributed by atoms with Crippen molar-refractivity contribution in [2.45, 2.75) is 88.0 Å². The summed E-state index contributed by atoms with van der Waals surface area (Å²) in [5.74, 6) is -0.462. The molecule has 6 rings (SSSR count). The summed E-state index contributed by atoms with van der Waals surface area (Å²) in [7, 11) is 0. The molecule has 0 saturated heterocycles. The predicted molar refractivity (Wildman–Crippen MR) is 224 cm³/mol. The van der Waals surface area contributed by atoms with Crippen molar-refractivity contribution < 1.29 is 43.2 Å². The lowest BCUT2D eigenvalue weighted by Gasteiger charge is -2.59. The molecule has 1 fully saturated rings. The van der Waals surface area contributed by atoms with Gasteiger partial charge in [0, 0.05) is 42.6 Å². The fourth-order valence-corrected chi connectivity index (χ4v) is 9.34. The molecule has 58 heavy (non-hydrogen) atoms. The smallest absolute Gasteiger partial charge is 0.410 e. The van der Waals surface area contributed by atoms with Gasteiger partial charge in [-0.25, -0.2) is 9.18 Å². The van der Waals surface area contributed by atoms with Crippen LogP contribution in [-0.4, -0.2) is 78.0 Å². The summed E-state index contributed by atoms with van der Waals surface area (Å²) in [5, 5.41) is 24.5. The Bertz CT molecular complexity index is 1890. The van der Waals surface area contributed by atoms with Gasteiger partial charge in [0.25, 0.3) is 0 Å². The van der Waals surface area contributed by atoms with E-state index in [2.05, 4.69) is 18.7 Å². The number of hydrogen-bond donors (Lipinski definition) is 2. The Morgan fingerprint density at radius 1 is 1.00 bits per heavy atom. The predicted octanol–water partition coefficient (Wildman–Crippen LogP) is 9.65. The summed E-state index contributed by atoms with van der Waals surface area (Å²) >= 11 is 1.66. The van der Waals surface area contributed by atoms with Crippen molar-refractivity contribution in [2.24, 2.45) is 22.9 Å². The molecule has 3 aromatic rings. The second kappa shape index (κ2) is 20.6. The number of oxime groups is 1. The van der Waals surface area contributed by atoms with Crippen LogP contribution in [0, 0.1) is 23.6 Å². The zero-order valence-corrected chi connectivity index (χ0v) is 34.6. The molecule has 0 aromatic heterocycles. The SMILES string of the molecule is C=CCO[C@@]12Oc3ccc(Oc4ccc(SC)cc4)cc3[C@H]3[C@H](CCCCO)[C@@H](CCCCO)C=C(C(=NOCC)C[C@@H]1N(Cc1ccc(F)cc1)C(=O)OCC)[C@H]32. The van der Waals surface area contributed by atoms with Crippen LogP contribution >= 0.6 is 11.8 Å². The number of benzene rings is 3. The van der Waals surface area contributed by atoms with Crippen molar-refractivity contribution >= 4 is 23.6 Å². The van der Waals surface area contributed by atoms with Gasteiger partial charge in [-0.15, -0.1) is 18.3 Å². The molecule has 1 heterocycles. The van der Waals surface area contributed by atoms with Gasteiger partial charge in [0.2, 0.25) is 5.79 Å². The minimum atomic E-state index is -1.46. The van der Waals surface area contributed by atoms with E-state index in [9.17, 15) is 19.4 Å². The summed E-state index contributed by atoms with van der Waals surface area (Å²) in [5.41, 5.74) is 3.27. The first kappa shape index (κ1) is 43.2. The Balaban J connectivity index is 1.59. The van der Waals surface area contributed by atoms with E-state index in [0.717, 1.165) is 41.7 Å². The van der Waals surface area contributed by atoms with Crippen LogP contribution in [-0.2, 0) is 20.9 Å². The van der Waals surface area contributed by atoms with Gasteiger partial charge in [0.1, 0.15) is 35.7 Å². The molecule has 1 aliphatic heterocycles. The molecule has 0 bridgehead atoms. The first-order valence-electron chi connectivity index (χ1n) is 20.5. The van der Waals surface area contributed by atoms with Gasteiger partial charge >= 0.3 is 6.09 Å². The molecule has 0 radical (unpaired) electrons. The number of thioether (sulfide) groups is 1. The summed E-state index contributed by atoms with van der Waals surface area (Å²) < 4.78 is 40.7. The Kier molecular flexibility index (Phi) is 15.3. The van der Waals surface area contributed by atoms with E-state index in [1.165, 1.54) is 12.1 Å². The summed E-state index contributed by atoms with van der Waals surface area (Å²) in [4.78, 5) is 22.9. The Labute approximate surface area is 346 Å². The molecule has 1 saturated carbocycles. The lowest BCUT2D eigenvalue weighted by molar-refractivity contribution is -0.256. The summed E-state index contributed by atoms with van der Waals surface area (Å²) in [6.07, 6.45) is 10.2. The zero-order chi connectivity index (χ0) is 41.1. The number of halogens is 1. The molecular formula is C46H57FN2O8S. The number of ether oxygens (including phenoxy) is 4. The van der Waals surface area contributed by atoms with Gasteiger partial charge in [0.15, 0.2) is 0 Å². The first-order chi connectivity index (χ1) is 28.3. The number of aliphatic hydroxyl groups excluding tert-OH is 2.